The van der Waals surface area contributed by atoms with E-state index in [0.717, 1.165) is 26.2 Å². The number of rotatable bonds is 5. The van der Waals surface area contributed by atoms with Crippen LogP contribution in [0.25, 0.3) is 0 Å². The van der Waals surface area contributed by atoms with Crippen LogP contribution in [0.1, 0.15) is 85.1 Å². The van der Waals surface area contributed by atoms with E-state index < -0.39 is 0 Å². The van der Waals surface area contributed by atoms with Gasteiger partial charge in [0.05, 0.1) is 0 Å². The van der Waals surface area contributed by atoms with E-state index in [-0.39, 0.29) is 5.41 Å². The molecule has 2 atom stereocenters. The van der Waals surface area contributed by atoms with Crippen molar-refractivity contribution in [2.45, 2.75) is 75.6 Å². The maximum absolute atomic E-state index is 3.62. The molecule has 0 saturated heterocycles. The molecule has 2 heterocycles. The average molecular weight is 435 g/mol. The summed E-state index contributed by atoms with van der Waals surface area (Å²) in [5.74, 6) is 0.556. The lowest BCUT2D eigenvalue weighted by Crippen LogP contribution is -2.40. The van der Waals surface area contributed by atoms with Crippen LogP contribution < -0.4 is 5.32 Å². The van der Waals surface area contributed by atoms with E-state index in [9.17, 15) is 0 Å². The molecule has 31 heavy (non-hydrogen) atoms. The SMILES string of the molecule is CSC(C)c1ccc2c(c1)CN(CC(C)c1ccc3c(c1)CNCC3(C)C)CC21CC1. The van der Waals surface area contributed by atoms with Crippen LogP contribution in [0.5, 0.6) is 0 Å². The van der Waals surface area contributed by atoms with Gasteiger partial charge in [0.2, 0.25) is 0 Å². The van der Waals surface area contributed by atoms with Gasteiger partial charge in [-0.2, -0.15) is 11.8 Å². The minimum atomic E-state index is 0.232. The summed E-state index contributed by atoms with van der Waals surface area (Å²) in [4.78, 5) is 2.75. The first-order valence-electron chi connectivity index (χ1n) is 12.0. The predicted octanol–water partition coefficient (Wildman–Crippen LogP) is 6.14. The van der Waals surface area contributed by atoms with Crippen molar-refractivity contribution in [2.75, 3.05) is 25.9 Å². The van der Waals surface area contributed by atoms with E-state index in [4.69, 9.17) is 0 Å². The van der Waals surface area contributed by atoms with Crippen LogP contribution in [0.2, 0.25) is 0 Å². The van der Waals surface area contributed by atoms with Crippen LogP contribution in [0.3, 0.4) is 0 Å². The van der Waals surface area contributed by atoms with Crippen molar-refractivity contribution < 1.29 is 0 Å². The van der Waals surface area contributed by atoms with E-state index in [1.807, 2.05) is 11.8 Å². The molecule has 166 valence electrons. The first-order chi connectivity index (χ1) is 14.8. The molecule has 0 radical (unpaired) electrons. The predicted molar refractivity (Wildman–Crippen MR) is 134 cm³/mol. The van der Waals surface area contributed by atoms with E-state index in [1.165, 1.54) is 41.6 Å². The lowest BCUT2D eigenvalue weighted by atomic mass is 9.78. The average Bonchev–Trinajstić information content (AvgIpc) is 3.51. The van der Waals surface area contributed by atoms with E-state index >= 15 is 0 Å². The molecule has 3 heteroatoms. The zero-order valence-corrected chi connectivity index (χ0v) is 20.7. The van der Waals surface area contributed by atoms with E-state index in [0.29, 0.717) is 16.6 Å². The highest BCUT2D eigenvalue weighted by Crippen LogP contribution is 2.53. The van der Waals surface area contributed by atoms with Crippen LogP contribution in [-0.2, 0) is 23.9 Å². The van der Waals surface area contributed by atoms with Gasteiger partial charge in [0, 0.05) is 48.8 Å². The Hall–Kier alpha value is -1.29. The molecule has 2 unspecified atom stereocenters. The summed E-state index contributed by atoms with van der Waals surface area (Å²) in [6.45, 7) is 15.0. The topological polar surface area (TPSA) is 15.3 Å². The summed E-state index contributed by atoms with van der Waals surface area (Å²) in [5.41, 5.74) is 9.93. The highest BCUT2D eigenvalue weighted by Gasteiger charge is 2.49. The van der Waals surface area contributed by atoms with Crippen molar-refractivity contribution >= 4 is 11.8 Å². The van der Waals surface area contributed by atoms with Gasteiger partial charge in [-0.25, -0.2) is 0 Å². The Bertz CT molecular complexity index is 975. The molecule has 3 aliphatic rings. The van der Waals surface area contributed by atoms with Crippen LogP contribution in [-0.4, -0.2) is 30.8 Å². The molecular formula is C28H38N2S. The molecule has 2 aromatic rings. The Morgan fingerprint density at radius 3 is 2.45 bits per heavy atom. The number of nitrogens with one attached hydrogen (secondary N) is 1. The number of nitrogens with zero attached hydrogens (tertiary/aromatic N) is 1. The largest absolute Gasteiger partial charge is 0.312 e. The summed E-state index contributed by atoms with van der Waals surface area (Å²) in [7, 11) is 0. The van der Waals surface area contributed by atoms with Crippen LogP contribution >= 0.6 is 11.8 Å². The summed E-state index contributed by atoms with van der Waals surface area (Å²) < 4.78 is 0. The van der Waals surface area contributed by atoms with Crippen LogP contribution in [0.15, 0.2) is 36.4 Å². The van der Waals surface area contributed by atoms with Crippen molar-refractivity contribution in [2.24, 2.45) is 0 Å². The molecule has 2 aromatic carbocycles. The summed E-state index contributed by atoms with van der Waals surface area (Å²) in [5, 5.41) is 4.19. The molecule has 1 saturated carbocycles. The van der Waals surface area contributed by atoms with Gasteiger partial charge in [-0.05, 0) is 65.3 Å². The number of thioether (sulfide) groups is 1. The first kappa shape index (κ1) is 21.6. The molecule has 2 nitrogen and oxygen atoms in total. The van der Waals surface area contributed by atoms with Crippen LogP contribution in [0, 0.1) is 0 Å². The third kappa shape index (κ3) is 3.98. The molecule has 5 rings (SSSR count). The Morgan fingerprint density at radius 1 is 1.00 bits per heavy atom. The Kier molecular flexibility index (Phi) is 5.52. The maximum atomic E-state index is 3.62. The molecule has 1 fully saturated rings. The highest BCUT2D eigenvalue weighted by atomic mass is 32.2. The summed E-state index contributed by atoms with van der Waals surface area (Å²) in [6.07, 6.45) is 4.94. The number of hydrogen-bond donors (Lipinski definition) is 1. The van der Waals surface area contributed by atoms with Gasteiger partial charge in [0.1, 0.15) is 0 Å². The Labute approximate surface area is 193 Å². The van der Waals surface area contributed by atoms with Crippen molar-refractivity contribution in [3.63, 3.8) is 0 Å². The van der Waals surface area contributed by atoms with Gasteiger partial charge < -0.3 is 5.32 Å². The van der Waals surface area contributed by atoms with E-state index in [1.54, 1.807) is 11.1 Å². The van der Waals surface area contributed by atoms with Crippen molar-refractivity contribution in [1.82, 2.24) is 10.2 Å². The fraction of sp³-hybridized carbons (Fsp3) is 0.571. The van der Waals surface area contributed by atoms with Gasteiger partial charge in [0.15, 0.2) is 0 Å². The minimum Gasteiger partial charge on any atom is -0.312 e. The lowest BCUT2D eigenvalue weighted by molar-refractivity contribution is 0.211. The van der Waals surface area contributed by atoms with Crippen LogP contribution in [0.4, 0.5) is 0 Å². The zero-order chi connectivity index (χ0) is 21.8. The van der Waals surface area contributed by atoms with E-state index in [2.05, 4.69) is 80.6 Å². The third-order valence-electron chi connectivity index (χ3n) is 8.14. The molecule has 1 N–H and O–H groups in total. The standard InChI is InChI=1S/C28H38N2S/c1-19(21-6-8-25-23(12-21)14-29-17-27(25,3)4)15-30-16-24-13-22(20(2)31-5)7-9-26(24)28(18-30)10-11-28/h6-9,12-13,19-20,29H,10-11,14-18H2,1-5H3. The smallest absolute Gasteiger partial charge is 0.0266 e. The van der Waals surface area contributed by atoms with Crippen molar-refractivity contribution in [1.29, 1.82) is 0 Å². The Morgan fingerprint density at radius 2 is 1.71 bits per heavy atom. The molecule has 0 amide bonds. The third-order valence-corrected chi connectivity index (χ3v) is 9.12. The molecule has 1 spiro atoms. The fourth-order valence-corrected chi connectivity index (χ4v) is 6.41. The number of hydrogen-bond acceptors (Lipinski definition) is 3. The maximum Gasteiger partial charge on any atom is 0.0266 e. The quantitative estimate of drug-likeness (QED) is 0.608. The van der Waals surface area contributed by atoms with Gasteiger partial charge >= 0.3 is 0 Å². The molecular weight excluding hydrogens is 396 g/mol. The monoisotopic (exact) mass is 434 g/mol. The highest BCUT2D eigenvalue weighted by molar-refractivity contribution is 7.98. The summed E-state index contributed by atoms with van der Waals surface area (Å²) >= 11 is 1.95. The normalized spacial score (nSPS) is 23.1. The molecule has 0 bridgehead atoms. The molecule has 2 aliphatic heterocycles. The zero-order valence-electron chi connectivity index (χ0n) is 19.9. The first-order valence-corrected chi connectivity index (χ1v) is 13.3. The minimum absolute atomic E-state index is 0.232. The second-order valence-electron chi connectivity index (χ2n) is 11.0. The second-order valence-corrected chi connectivity index (χ2v) is 12.2. The number of benzene rings is 2. The van der Waals surface area contributed by atoms with Crippen molar-refractivity contribution in [3.8, 4) is 0 Å². The molecule has 1 aliphatic carbocycles. The fourth-order valence-electron chi connectivity index (χ4n) is 5.99. The molecule has 0 aromatic heterocycles. The lowest BCUT2D eigenvalue weighted by Gasteiger charge is -2.37. The van der Waals surface area contributed by atoms with Crippen molar-refractivity contribution in [3.05, 3.63) is 69.8 Å². The van der Waals surface area contributed by atoms with Gasteiger partial charge in [0.25, 0.3) is 0 Å². The van der Waals surface area contributed by atoms with Gasteiger partial charge in [-0.1, -0.05) is 57.2 Å². The Balaban J connectivity index is 1.35. The number of fused-ring (bicyclic) bond motifs is 3. The second kappa shape index (κ2) is 7.93. The van der Waals surface area contributed by atoms with Gasteiger partial charge in [-0.3, -0.25) is 4.90 Å². The summed E-state index contributed by atoms with van der Waals surface area (Å²) in [6, 6.07) is 14.7. The van der Waals surface area contributed by atoms with Gasteiger partial charge in [-0.15, -0.1) is 0 Å².